The minimum Gasteiger partial charge on any atom is -0.352 e. The number of hydrogen-bond acceptors (Lipinski definition) is 2. The van der Waals surface area contributed by atoms with Crippen LogP contribution in [0.15, 0.2) is 18.2 Å². The molecule has 0 aliphatic rings. The average molecular weight is 303 g/mol. The molecule has 0 aliphatic heterocycles. The van der Waals surface area contributed by atoms with Crippen LogP contribution in [0, 0.1) is 0 Å². The Labute approximate surface area is 124 Å². The summed E-state index contributed by atoms with van der Waals surface area (Å²) < 4.78 is 0. The van der Waals surface area contributed by atoms with Gasteiger partial charge >= 0.3 is 0 Å². The van der Waals surface area contributed by atoms with Crippen LogP contribution in [0.5, 0.6) is 0 Å². The molecule has 19 heavy (non-hydrogen) atoms. The third-order valence-corrected chi connectivity index (χ3v) is 3.39. The van der Waals surface area contributed by atoms with Crippen LogP contribution in [0.1, 0.15) is 30.6 Å². The Kier molecular flexibility index (Phi) is 7.21. The van der Waals surface area contributed by atoms with Crippen LogP contribution in [0.25, 0.3) is 0 Å². The molecule has 1 rings (SSSR count). The van der Waals surface area contributed by atoms with Gasteiger partial charge in [-0.25, -0.2) is 0 Å². The van der Waals surface area contributed by atoms with Gasteiger partial charge in [0.1, 0.15) is 0 Å². The van der Waals surface area contributed by atoms with E-state index in [4.69, 9.17) is 23.2 Å². The van der Waals surface area contributed by atoms with Gasteiger partial charge in [-0.3, -0.25) is 4.79 Å². The lowest BCUT2D eigenvalue weighted by Crippen LogP contribution is -2.29. The topological polar surface area (TPSA) is 32.3 Å². The molecule has 1 N–H and O–H groups in total. The smallest absolute Gasteiger partial charge is 0.251 e. The van der Waals surface area contributed by atoms with Crippen LogP contribution in [0.3, 0.4) is 0 Å². The van der Waals surface area contributed by atoms with E-state index in [1.807, 2.05) is 0 Å². The van der Waals surface area contributed by atoms with Crippen LogP contribution in [-0.4, -0.2) is 37.0 Å². The number of benzene rings is 1. The highest BCUT2D eigenvalue weighted by atomic mass is 35.5. The zero-order chi connectivity index (χ0) is 14.3. The normalized spacial score (nSPS) is 10.8. The number of rotatable bonds is 7. The number of amides is 1. The molecule has 0 aliphatic carbocycles. The molecule has 0 aromatic heterocycles. The lowest BCUT2D eigenvalue weighted by Gasteiger charge is -2.17. The number of halogens is 2. The summed E-state index contributed by atoms with van der Waals surface area (Å²) in [7, 11) is 0. The van der Waals surface area contributed by atoms with Crippen LogP contribution in [0.4, 0.5) is 0 Å². The van der Waals surface area contributed by atoms with Crippen molar-refractivity contribution >= 4 is 29.1 Å². The summed E-state index contributed by atoms with van der Waals surface area (Å²) in [5.41, 5.74) is 0.500. The number of carbonyl (C=O) groups is 1. The van der Waals surface area contributed by atoms with Crippen molar-refractivity contribution in [1.29, 1.82) is 0 Å². The van der Waals surface area contributed by atoms with Crippen molar-refractivity contribution in [2.75, 3.05) is 26.2 Å². The molecule has 0 spiro atoms. The van der Waals surface area contributed by atoms with Crippen molar-refractivity contribution in [3.8, 4) is 0 Å². The predicted molar refractivity (Wildman–Crippen MR) is 81.2 cm³/mol. The first-order chi connectivity index (χ1) is 9.06. The predicted octanol–water partition coefficient (Wildman–Crippen LogP) is 3.46. The fourth-order valence-corrected chi connectivity index (χ4v) is 2.36. The fraction of sp³-hybridized carbons (Fsp3) is 0.500. The van der Waals surface area contributed by atoms with E-state index in [-0.39, 0.29) is 5.91 Å². The Morgan fingerprint density at radius 2 is 1.74 bits per heavy atom. The van der Waals surface area contributed by atoms with Gasteiger partial charge in [-0.15, -0.1) is 0 Å². The average Bonchev–Trinajstić information content (AvgIpc) is 2.37. The number of nitrogens with one attached hydrogen (secondary N) is 1. The maximum absolute atomic E-state index is 11.9. The number of nitrogens with zero attached hydrogens (tertiary/aromatic N) is 1. The Hall–Kier alpha value is -0.770. The second kappa shape index (κ2) is 8.41. The lowest BCUT2D eigenvalue weighted by atomic mass is 10.2. The SMILES string of the molecule is CCN(CC)CCCNC(=O)c1cc(Cl)cc(Cl)c1. The molecule has 5 heteroatoms. The van der Waals surface area contributed by atoms with E-state index in [1.165, 1.54) is 0 Å². The van der Waals surface area contributed by atoms with Gasteiger partial charge in [-0.05, 0) is 44.3 Å². The van der Waals surface area contributed by atoms with Crippen LogP contribution < -0.4 is 5.32 Å². The summed E-state index contributed by atoms with van der Waals surface area (Å²) >= 11 is 11.7. The molecule has 0 fully saturated rings. The molecule has 0 atom stereocenters. The molecule has 0 saturated carbocycles. The molecular formula is C14H20Cl2N2O. The molecule has 0 bridgehead atoms. The second-order valence-corrected chi connectivity index (χ2v) is 5.17. The molecule has 106 valence electrons. The van der Waals surface area contributed by atoms with Crippen molar-refractivity contribution in [1.82, 2.24) is 10.2 Å². The summed E-state index contributed by atoms with van der Waals surface area (Å²) in [6.45, 7) is 7.98. The van der Waals surface area contributed by atoms with Crippen LogP contribution >= 0.6 is 23.2 Å². The minimum atomic E-state index is -0.135. The van der Waals surface area contributed by atoms with Gasteiger partial charge < -0.3 is 10.2 Å². The summed E-state index contributed by atoms with van der Waals surface area (Å²) in [5.74, 6) is -0.135. The van der Waals surface area contributed by atoms with Gasteiger partial charge in [0.15, 0.2) is 0 Å². The van der Waals surface area contributed by atoms with E-state index in [9.17, 15) is 4.79 Å². The van der Waals surface area contributed by atoms with Gasteiger partial charge in [0.25, 0.3) is 5.91 Å². The van der Waals surface area contributed by atoms with Crippen molar-refractivity contribution in [2.45, 2.75) is 20.3 Å². The number of hydrogen-bond donors (Lipinski definition) is 1. The summed E-state index contributed by atoms with van der Waals surface area (Å²) in [6, 6.07) is 4.85. The first-order valence-corrected chi connectivity index (χ1v) is 7.29. The van der Waals surface area contributed by atoms with E-state index >= 15 is 0 Å². The molecule has 0 radical (unpaired) electrons. The summed E-state index contributed by atoms with van der Waals surface area (Å²) in [5, 5.41) is 3.82. The van der Waals surface area contributed by atoms with Crippen LogP contribution in [-0.2, 0) is 0 Å². The standard InChI is InChI=1S/C14H20Cl2N2O/c1-3-18(4-2)7-5-6-17-14(19)11-8-12(15)10-13(16)9-11/h8-10H,3-7H2,1-2H3,(H,17,19). The molecule has 0 heterocycles. The monoisotopic (exact) mass is 302 g/mol. The lowest BCUT2D eigenvalue weighted by molar-refractivity contribution is 0.0952. The largest absolute Gasteiger partial charge is 0.352 e. The van der Waals surface area contributed by atoms with Gasteiger partial charge in [0, 0.05) is 22.2 Å². The Bertz CT molecular complexity index is 400. The number of carbonyl (C=O) groups excluding carboxylic acids is 1. The second-order valence-electron chi connectivity index (χ2n) is 4.29. The first-order valence-electron chi connectivity index (χ1n) is 6.53. The Morgan fingerprint density at radius 1 is 1.16 bits per heavy atom. The summed E-state index contributed by atoms with van der Waals surface area (Å²) in [4.78, 5) is 14.2. The van der Waals surface area contributed by atoms with Gasteiger partial charge in [-0.2, -0.15) is 0 Å². The maximum Gasteiger partial charge on any atom is 0.251 e. The van der Waals surface area contributed by atoms with Crippen molar-refractivity contribution in [2.24, 2.45) is 0 Å². The molecular weight excluding hydrogens is 283 g/mol. The van der Waals surface area contributed by atoms with Crippen molar-refractivity contribution in [3.63, 3.8) is 0 Å². The molecule has 1 amide bonds. The van der Waals surface area contributed by atoms with E-state index in [0.717, 1.165) is 26.1 Å². The van der Waals surface area contributed by atoms with Gasteiger partial charge in [-0.1, -0.05) is 37.0 Å². The molecule has 0 unspecified atom stereocenters. The van der Waals surface area contributed by atoms with E-state index in [0.29, 0.717) is 22.2 Å². The summed E-state index contributed by atoms with van der Waals surface area (Å²) in [6.07, 6.45) is 0.932. The third-order valence-electron chi connectivity index (χ3n) is 2.96. The van der Waals surface area contributed by atoms with E-state index in [2.05, 4.69) is 24.1 Å². The molecule has 1 aromatic carbocycles. The van der Waals surface area contributed by atoms with Crippen molar-refractivity contribution in [3.05, 3.63) is 33.8 Å². The van der Waals surface area contributed by atoms with Crippen molar-refractivity contribution < 1.29 is 4.79 Å². The van der Waals surface area contributed by atoms with Crippen LogP contribution in [0.2, 0.25) is 10.0 Å². The molecule has 1 aromatic rings. The maximum atomic E-state index is 11.9. The van der Waals surface area contributed by atoms with E-state index in [1.54, 1.807) is 18.2 Å². The highest BCUT2D eigenvalue weighted by Gasteiger charge is 2.07. The quantitative estimate of drug-likeness (QED) is 0.782. The molecule has 0 saturated heterocycles. The zero-order valence-corrected chi connectivity index (χ0v) is 12.9. The van der Waals surface area contributed by atoms with Gasteiger partial charge in [0.05, 0.1) is 0 Å². The third kappa shape index (κ3) is 5.81. The first kappa shape index (κ1) is 16.3. The Balaban J connectivity index is 2.39. The van der Waals surface area contributed by atoms with Gasteiger partial charge in [0.2, 0.25) is 0 Å². The highest BCUT2D eigenvalue weighted by molar-refractivity contribution is 6.35. The molecule has 3 nitrogen and oxygen atoms in total. The minimum absolute atomic E-state index is 0.135. The van der Waals surface area contributed by atoms with E-state index < -0.39 is 0 Å². The highest BCUT2D eigenvalue weighted by Crippen LogP contribution is 2.18. The zero-order valence-electron chi connectivity index (χ0n) is 11.4. The fourth-order valence-electron chi connectivity index (χ4n) is 1.83. The Morgan fingerprint density at radius 3 is 2.26 bits per heavy atom.